The Hall–Kier alpha value is -2.92. The molecule has 1 aliphatic heterocycles. The molecule has 0 fully saturated rings. The Kier molecular flexibility index (Phi) is 3.20. The molecule has 2 aromatic carbocycles. The first-order valence-corrected chi connectivity index (χ1v) is 7.41. The fourth-order valence-electron chi connectivity index (χ4n) is 2.94. The number of hydrogen-bond donors (Lipinski definition) is 1. The summed E-state index contributed by atoms with van der Waals surface area (Å²) < 4.78 is 1.92. The predicted octanol–water partition coefficient (Wildman–Crippen LogP) is 2.52. The van der Waals surface area contributed by atoms with Crippen LogP contribution in [0.1, 0.15) is 28.0 Å². The minimum Gasteiger partial charge on any atom is -0.369 e. The number of aliphatic hydroxyl groups is 1. The van der Waals surface area contributed by atoms with Crippen LogP contribution in [0.15, 0.2) is 67.0 Å². The SMILES string of the molecule is O=C1c2ccccc2C(O)N1Cc1nccn1-c1ccccc1. The van der Waals surface area contributed by atoms with E-state index in [9.17, 15) is 9.90 Å². The van der Waals surface area contributed by atoms with Crippen LogP contribution in [0, 0.1) is 0 Å². The van der Waals surface area contributed by atoms with E-state index in [1.807, 2.05) is 47.2 Å². The zero-order valence-electron chi connectivity index (χ0n) is 12.3. The number of carbonyl (C=O) groups excluding carboxylic acids is 1. The topological polar surface area (TPSA) is 58.4 Å². The number of nitrogens with zero attached hydrogens (tertiary/aromatic N) is 3. The van der Waals surface area contributed by atoms with Crippen LogP contribution in [0.5, 0.6) is 0 Å². The average molecular weight is 305 g/mol. The molecule has 0 spiro atoms. The third kappa shape index (κ3) is 2.22. The summed E-state index contributed by atoms with van der Waals surface area (Å²) >= 11 is 0. The molecule has 0 saturated heterocycles. The van der Waals surface area contributed by atoms with Crippen molar-refractivity contribution in [3.63, 3.8) is 0 Å². The Balaban J connectivity index is 1.66. The number of rotatable bonds is 3. The van der Waals surface area contributed by atoms with Crippen molar-refractivity contribution < 1.29 is 9.90 Å². The second-order valence-electron chi connectivity index (χ2n) is 5.44. The van der Waals surface area contributed by atoms with Gasteiger partial charge in [-0.2, -0.15) is 0 Å². The average Bonchev–Trinajstić information content (AvgIpc) is 3.15. The van der Waals surface area contributed by atoms with E-state index in [1.54, 1.807) is 24.4 Å². The van der Waals surface area contributed by atoms with Gasteiger partial charge in [-0.05, 0) is 18.2 Å². The molecular formula is C18H15N3O2. The molecule has 0 radical (unpaired) electrons. The fraction of sp³-hybridized carbons (Fsp3) is 0.111. The summed E-state index contributed by atoms with van der Waals surface area (Å²) in [6.07, 6.45) is 2.62. The van der Waals surface area contributed by atoms with Crippen LogP contribution < -0.4 is 0 Å². The minimum atomic E-state index is -0.931. The molecule has 1 aliphatic rings. The van der Waals surface area contributed by atoms with Crippen LogP contribution >= 0.6 is 0 Å². The molecule has 1 unspecified atom stereocenters. The standard InChI is InChI=1S/C18H15N3O2/c22-17-14-8-4-5-9-15(14)18(23)21(17)12-16-19-10-11-20(16)13-6-2-1-3-7-13/h1-11,17,22H,12H2. The van der Waals surface area contributed by atoms with Gasteiger partial charge in [0, 0.05) is 29.2 Å². The summed E-state index contributed by atoms with van der Waals surface area (Å²) in [6, 6.07) is 16.9. The van der Waals surface area contributed by atoms with Crippen molar-refractivity contribution in [1.82, 2.24) is 14.5 Å². The lowest BCUT2D eigenvalue weighted by Gasteiger charge is -2.21. The molecule has 5 nitrogen and oxygen atoms in total. The quantitative estimate of drug-likeness (QED) is 0.809. The molecule has 2 heterocycles. The summed E-state index contributed by atoms with van der Waals surface area (Å²) in [7, 11) is 0. The summed E-state index contributed by atoms with van der Waals surface area (Å²) in [5.41, 5.74) is 2.17. The fourth-order valence-corrected chi connectivity index (χ4v) is 2.94. The number of amides is 1. The summed E-state index contributed by atoms with van der Waals surface area (Å²) in [5.74, 6) is 0.534. The highest BCUT2D eigenvalue weighted by Gasteiger charge is 2.35. The third-order valence-electron chi connectivity index (χ3n) is 4.09. The van der Waals surface area contributed by atoms with Crippen molar-refractivity contribution in [2.24, 2.45) is 0 Å². The van der Waals surface area contributed by atoms with Crippen LogP contribution in [0.2, 0.25) is 0 Å². The van der Waals surface area contributed by atoms with Gasteiger partial charge in [0.2, 0.25) is 0 Å². The zero-order chi connectivity index (χ0) is 15.8. The van der Waals surface area contributed by atoms with Crippen molar-refractivity contribution in [1.29, 1.82) is 0 Å². The van der Waals surface area contributed by atoms with Crippen molar-refractivity contribution >= 4 is 5.91 Å². The van der Waals surface area contributed by atoms with Gasteiger partial charge in [0.15, 0.2) is 6.23 Å². The molecule has 4 rings (SSSR count). The number of aromatic nitrogens is 2. The number of para-hydroxylation sites is 1. The van der Waals surface area contributed by atoms with Crippen LogP contribution in [0.25, 0.3) is 5.69 Å². The van der Waals surface area contributed by atoms with Crippen LogP contribution in [0.3, 0.4) is 0 Å². The van der Waals surface area contributed by atoms with Gasteiger partial charge in [-0.15, -0.1) is 0 Å². The van der Waals surface area contributed by atoms with E-state index in [1.165, 1.54) is 4.90 Å². The van der Waals surface area contributed by atoms with Crippen molar-refractivity contribution in [3.8, 4) is 5.69 Å². The number of aliphatic hydroxyl groups excluding tert-OH is 1. The summed E-state index contributed by atoms with van der Waals surface area (Å²) in [6.45, 7) is 0.247. The molecule has 23 heavy (non-hydrogen) atoms. The number of benzene rings is 2. The molecule has 0 aliphatic carbocycles. The Morgan fingerprint density at radius 3 is 2.57 bits per heavy atom. The summed E-state index contributed by atoms with van der Waals surface area (Å²) in [4.78, 5) is 18.3. The minimum absolute atomic E-state index is 0.171. The molecule has 1 N–H and O–H groups in total. The normalized spacial score (nSPS) is 16.7. The van der Waals surface area contributed by atoms with E-state index >= 15 is 0 Å². The smallest absolute Gasteiger partial charge is 0.257 e. The highest BCUT2D eigenvalue weighted by atomic mass is 16.3. The van der Waals surface area contributed by atoms with E-state index in [2.05, 4.69) is 4.98 Å². The van der Waals surface area contributed by atoms with Crippen molar-refractivity contribution in [3.05, 3.63) is 83.9 Å². The molecule has 0 saturated carbocycles. The zero-order valence-corrected chi connectivity index (χ0v) is 12.3. The van der Waals surface area contributed by atoms with Crippen LogP contribution in [-0.2, 0) is 6.54 Å². The van der Waals surface area contributed by atoms with E-state index in [0.717, 1.165) is 5.69 Å². The Morgan fingerprint density at radius 1 is 1.04 bits per heavy atom. The van der Waals surface area contributed by atoms with E-state index in [4.69, 9.17) is 0 Å². The lowest BCUT2D eigenvalue weighted by Crippen LogP contribution is -2.28. The van der Waals surface area contributed by atoms with Gasteiger partial charge in [-0.25, -0.2) is 4.98 Å². The maximum atomic E-state index is 12.5. The molecule has 0 bridgehead atoms. The molecule has 1 atom stereocenters. The maximum absolute atomic E-state index is 12.5. The Labute approximate surface area is 133 Å². The number of fused-ring (bicyclic) bond motifs is 1. The van der Waals surface area contributed by atoms with E-state index in [-0.39, 0.29) is 12.5 Å². The lowest BCUT2D eigenvalue weighted by molar-refractivity contribution is 0.0124. The first kappa shape index (κ1) is 13.7. The Morgan fingerprint density at radius 2 is 1.78 bits per heavy atom. The van der Waals surface area contributed by atoms with Gasteiger partial charge < -0.3 is 14.6 Å². The second-order valence-corrected chi connectivity index (χ2v) is 5.44. The monoisotopic (exact) mass is 305 g/mol. The van der Waals surface area contributed by atoms with Gasteiger partial charge in [-0.1, -0.05) is 36.4 Å². The maximum Gasteiger partial charge on any atom is 0.257 e. The van der Waals surface area contributed by atoms with Crippen LogP contribution in [0.4, 0.5) is 0 Å². The highest BCUT2D eigenvalue weighted by molar-refractivity contribution is 5.98. The van der Waals surface area contributed by atoms with E-state index in [0.29, 0.717) is 17.0 Å². The van der Waals surface area contributed by atoms with Crippen molar-refractivity contribution in [2.75, 3.05) is 0 Å². The summed E-state index contributed by atoms with van der Waals surface area (Å²) in [5, 5.41) is 10.4. The largest absolute Gasteiger partial charge is 0.369 e. The number of imidazole rings is 1. The van der Waals surface area contributed by atoms with Gasteiger partial charge in [-0.3, -0.25) is 4.79 Å². The van der Waals surface area contributed by atoms with Crippen molar-refractivity contribution in [2.45, 2.75) is 12.8 Å². The van der Waals surface area contributed by atoms with E-state index < -0.39 is 6.23 Å². The molecule has 114 valence electrons. The molecule has 1 amide bonds. The highest BCUT2D eigenvalue weighted by Crippen LogP contribution is 2.32. The second kappa shape index (κ2) is 5.37. The predicted molar refractivity (Wildman–Crippen MR) is 84.8 cm³/mol. The number of hydrogen-bond acceptors (Lipinski definition) is 3. The van der Waals surface area contributed by atoms with Gasteiger partial charge in [0.25, 0.3) is 5.91 Å². The van der Waals surface area contributed by atoms with Crippen LogP contribution in [-0.4, -0.2) is 25.5 Å². The lowest BCUT2D eigenvalue weighted by atomic mass is 10.1. The molecular weight excluding hydrogens is 290 g/mol. The molecule has 5 heteroatoms. The van der Waals surface area contributed by atoms with Gasteiger partial charge in [0.1, 0.15) is 5.82 Å². The number of carbonyl (C=O) groups is 1. The van der Waals surface area contributed by atoms with Gasteiger partial charge >= 0.3 is 0 Å². The Bertz CT molecular complexity index is 857. The first-order chi connectivity index (χ1) is 11.3. The third-order valence-corrected chi connectivity index (χ3v) is 4.09. The molecule has 3 aromatic rings. The molecule has 1 aromatic heterocycles. The first-order valence-electron chi connectivity index (χ1n) is 7.41. The van der Waals surface area contributed by atoms with Gasteiger partial charge in [0.05, 0.1) is 6.54 Å².